The lowest BCUT2D eigenvalue weighted by Gasteiger charge is -2.19. The first-order chi connectivity index (χ1) is 12.7. The Morgan fingerprint density at radius 1 is 1.15 bits per heavy atom. The molecule has 0 spiro atoms. The number of amides is 1. The van der Waals surface area contributed by atoms with Gasteiger partial charge in [-0.2, -0.15) is 0 Å². The lowest BCUT2D eigenvalue weighted by Crippen LogP contribution is -2.40. The highest BCUT2D eigenvalue weighted by Gasteiger charge is 2.11. The van der Waals surface area contributed by atoms with Crippen LogP contribution in [0, 0.1) is 6.92 Å². The van der Waals surface area contributed by atoms with Gasteiger partial charge in [-0.15, -0.1) is 0 Å². The van der Waals surface area contributed by atoms with Crippen molar-refractivity contribution in [3.05, 3.63) is 29.3 Å². The largest absolute Gasteiger partial charge is 0.357 e. The van der Waals surface area contributed by atoms with Gasteiger partial charge in [0.2, 0.25) is 5.91 Å². The Morgan fingerprint density at radius 3 is 2.33 bits per heavy atom. The average Bonchev–Trinajstić information content (AvgIpc) is 2.59. The summed E-state index contributed by atoms with van der Waals surface area (Å²) < 4.78 is 23.4. The van der Waals surface area contributed by atoms with Crippen LogP contribution in [-0.2, 0) is 21.2 Å². The summed E-state index contributed by atoms with van der Waals surface area (Å²) in [5, 5.41) is 6.32. The molecule has 2 N–H and O–H groups in total. The van der Waals surface area contributed by atoms with E-state index in [9.17, 15) is 13.2 Å². The van der Waals surface area contributed by atoms with Gasteiger partial charge < -0.3 is 15.5 Å². The Labute approximate surface area is 163 Å². The fourth-order valence-corrected chi connectivity index (χ4v) is 3.72. The quantitative estimate of drug-likeness (QED) is 0.490. The summed E-state index contributed by atoms with van der Waals surface area (Å²) in [6.07, 6.45) is 1.62. The molecule has 0 saturated carbocycles. The minimum Gasteiger partial charge on any atom is -0.357 e. The van der Waals surface area contributed by atoms with E-state index in [-0.39, 0.29) is 5.91 Å². The first kappa shape index (κ1) is 23.0. The smallest absolute Gasteiger partial charge is 0.224 e. The molecule has 7 nitrogen and oxygen atoms in total. The topological polar surface area (TPSA) is 90.9 Å². The molecule has 0 radical (unpaired) electrons. The third kappa shape index (κ3) is 7.58. The van der Waals surface area contributed by atoms with Crippen LogP contribution in [0.25, 0.3) is 0 Å². The van der Waals surface area contributed by atoms with Crippen LogP contribution in [0.3, 0.4) is 0 Å². The van der Waals surface area contributed by atoms with Gasteiger partial charge in [-0.1, -0.05) is 12.1 Å². The maximum Gasteiger partial charge on any atom is 0.224 e. The van der Waals surface area contributed by atoms with Crippen LogP contribution in [0.5, 0.6) is 0 Å². The highest BCUT2D eigenvalue weighted by Crippen LogP contribution is 2.17. The molecule has 8 heteroatoms. The zero-order chi connectivity index (χ0) is 20.4. The molecule has 0 aliphatic heterocycles. The summed E-state index contributed by atoms with van der Waals surface area (Å²) in [5.41, 5.74) is 1.64. The lowest BCUT2D eigenvalue weighted by atomic mass is 10.1. The van der Waals surface area contributed by atoms with Gasteiger partial charge in [-0.05, 0) is 44.9 Å². The fourth-order valence-electron chi connectivity index (χ4n) is 2.76. The molecule has 27 heavy (non-hydrogen) atoms. The first-order valence-electron chi connectivity index (χ1n) is 9.32. The van der Waals surface area contributed by atoms with E-state index in [2.05, 4.69) is 15.6 Å². The number of nitrogens with one attached hydrogen (secondary N) is 2. The number of benzene rings is 1. The van der Waals surface area contributed by atoms with Crippen molar-refractivity contribution in [2.24, 2.45) is 4.99 Å². The second-order valence-corrected chi connectivity index (χ2v) is 8.29. The van der Waals surface area contributed by atoms with E-state index < -0.39 is 9.84 Å². The number of hydrogen-bond acceptors (Lipinski definition) is 4. The molecule has 0 bridgehead atoms. The predicted octanol–water partition coefficient (Wildman–Crippen LogP) is 1.71. The van der Waals surface area contributed by atoms with E-state index in [1.807, 2.05) is 26.8 Å². The highest BCUT2D eigenvalue weighted by molar-refractivity contribution is 7.90. The number of carbonyl (C=O) groups excluding carboxylic acids is 1. The Kier molecular flexibility index (Phi) is 9.28. The highest BCUT2D eigenvalue weighted by atomic mass is 32.2. The number of nitrogens with zero attached hydrogens (tertiary/aromatic N) is 2. The zero-order valence-corrected chi connectivity index (χ0v) is 17.8. The van der Waals surface area contributed by atoms with Gasteiger partial charge in [0.15, 0.2) is 15.8 Å². The summed E-state index contributed by atoms with van der Waals surface area (Å²) >= 11 is 0. The molecule has 0 saturated heterocycles. The summed E-state index contributed by atoms with van der Waals surface area (Å²) in [4.78, 5) is 18.7. The number of aliphatic imine (C=N–C) groups is 1. The number of rotatable bonds is 9. The SMILES string of the molecule is CCNC(=NCc1ccc(S(C)(=O)=O)c(C)c1)NCCC(=O)N(CC)CC. The van der Waals surface area contributed by atoms with Crippen LogP contribution in [0.15, 0.2) is 28.1 Å². The number of guanidine groups is 1. The van der Waals surface area contributed by atoms with Gasteiger partial charge in [-0.25, -0.2) is 13.4 Å². The number of carbonyl (C=O) groups is 1. The molecular weight excluding hydrogens is 364 g/mol. The molecule has 0 atom stereocenters. The standard InChI is InChI=1S/C19H32N4O3S/c1-6-20-19(21-12-11-18(24)23(7-2)8-3)22-14-16-9-10-17(15(4)13-16)27(5,25)26/h9-10,13H,6-8,11-12,14H2,1-5H3,(H2,20,21,22). The third-order valence-corrected chi connectivity index (χ3v) is 5.41. The fraction of sp³-hybridized carbons (Fsp3) is 0.579. The van der Waals surface area contributed by atoms with Crippen LogP contribution < -0.4 is 10.6 Å². The first-order valence-corrected chi connectivity index (χ1v) is 11.2. The third-order valence-electron chi connectivity index (χ3n) is 4.15. The van der Waals surface area contributed by atoms with Crippen LogP contribution in [0.4, 0.5) is 0 Å². The minimum atomic E-state index is -3.22. The number of hydrogen-bond donors (Lipinski definition) is 2. The second kappa shape index (κ2) is 10.9. The van der Waals surface area contributed by atoms with Crippen LogP contribution in [-0.4, -0.2) is 57.6 Å². The Hall–Kier alpha value is -2.09. The van der Waals surface area contributed by atoms with Crippen molar-refractivity contribution in [3.63, 3.8) is 0 Å². The summed E-state index contributed by atoms with van der Waals surface area (Å²) in [7, 11) is -3.22. The molecule has 1 aromatic rings. The van der Waals surface area contributed by atoms with Crippen molar-refractivity contribution < 1.29 is 13.2 Å². The molecule has 1 amide bonds. The normalized spacial score (nSPS) is 12.0. The maximum absolute atomic E-state index is 12.1. The number of sulfone groups is 1. The van der Waals surface area contributed by atoms with Crippen molar-refractivity contribution in [2.45, 2.75) is 45.6 Å². The molecule has 0 heterocycles. The molecule has 0 unspecified atom stereocenters. The van der Waals surface area contributed by atoms with Crippen LogP contribution in [0.2, 0.25) is 0 Å². The average molecular weight is 397 g/mol. The predicted molar refractivity (Wildman–Crippen MR) is 110 cm³/mol. The molecule has 1 rings (SSSR count). The summed E-state index contributed by atoms with van der Waals surface area (Å²) in [5.74, 6) is 0.755. The molecule has 0 aliphatic rings. The van der Waals surface area contributed by atoms with E-state index in [0.29, 0.717) is 55.6 Å². The Morgan fingerprint density at radius 2 is 1.81 bits per heavy atom. The van der Waals surface area contributed by atoms with E-state index >= 15 is 0 Å². The Balaban J connectivity index is 2.71. The minimum absolute atomic E-state index is 0.121. The van der Waals surface area contributed by atoms with Crippen molar-refractivity contribution in [1.29, 1.82) is 0 Å². The van der Waals surface area contributed by atoms with Gasteiger partial charge in [0, 0.05) is 38.9 Å². The molecule has 152 valence electrons. The van der Waals surface area contributed by atoms with Gasteiger partial charge in [0.1, 0.15) is 0 Å². The van der Waals surface area contributed by atoms with Gasteiger partial charge in [0.25, 0.3) is 0 Å². The van der Waals surface area contributed by atoms with E-state index in [4.69, 9.17) is 0 Å². The Bertz CT molecular complexity index is 756. The molecular formula is C19H32N4O3S. The van der Waals surface area contributed by atoms with Gasteiger partial charge >= 0.3 is 0 Å². The number of aryl methyl sites for hydroxylation is 1. The van der Waals surface area contributed by atoms with Crippen molar-refractivity contribution in [3.8, 4) is 0 Å². The van der Waals surface area contributed by atoms with Crippen molar-refractivity contribution in [1.82, 2.24) is 15.5 Å². The lowest BCUT2D eigenvalue weighted by molar-refractivity contribution is -0.130. The van der Waals surface area contributed by atoms with Crippen LogP contribution >= 0.6 is 0 Å². The molecule has 1 aromatic carbocycles. The van der Waals surface area contributed by atoms with E-state index in [1.165, 1.54) is 6.26 Å². The van der Waals surface area contributed by atoms with Crippen molar-refractivity contribution in [2.75, 3.05) is 32.4 Å². The maximum atomic E-state index is 12.1. The van der Waals surface area contributed by atoms with Gasteiger partial charge in [0.05, 0.1) is 11.4 Å². The summed E-state index contributed by atoms with van der Waals surface area (Å²) in [6, 6.07) is 5.24. The van der Waals surface area contributed by atoms with Gasteiger partial charge in [-0.3, -0.25) is 4.79 Å². The zero-order valence-electron chi connectivity index (χ0n) is 17.0. The van der Waals surface area contributed by atoms with Crippen molar-refractivity contribution >= 4 is 21.7 Å². The van der Waals surface area contributed by atoms with E-state index in [1.54, 1.807) is 24.0 Å². The molecule has 0 aromatic heterocycles. The second-order valence-electron chi connectivity index (χ2n) is 6.31. The monoisotopic (exact) mass is 396 g/mol. The molecule has 0 fully saturated rings. The van der Waals surface area contributed by atoms with E-state index in [0.717, 1.165) is 5.56 Å². The van der Waals surface area contributed by atoms with Crippen LogP contribution in [0.1, 0.15) is 38.3 Å². The molecule has 0 aliphatic carbocycles. The summed E-state index contributed by atoms with van der Waals surface area (Å²) in [6.45, 7) is 10.8.